The van der Waals surface area contributed by atoms with E-state index in [9.17, 15) is 4.79 Å². The average Bonchev–Trinajstić information content (AvgIpc) is 3.01. The zero-order chi connectivity index (χ0) is 16.5. The van der Waals surface area contributed by atoms with Gasteiger partial charge in [-0.3, -0.25) is 9.69 Å². The summed E-state index contributed by atoms with van der Waals surface area (Å²) in [5, 5.41) is 8.97. The fourth-order valence-corrected chi connectivity index (χ4v) is 4.08. The van der Waals surface area contributed by atoms with Gasteiger partial charge in [0.2, 0.25) is 0 Å². The van der Waals surface area contributed by atoms with Gasteiger partial charge in [-0.2, -0.15) is 0 Å². The Morgan fingerprint density at radius 1 is 1.08 bits per heavy atom. The number of carboxylic acid groups (broad SMARTS) is 1. The molecular weight excluding hydrogens is 298 g/mol. The minimum Gasteiger partial charge on any atom is -0.481 e. The van der Waals surface area contributed by atoms with E-state index in [1.165, 1.54) is 27.8 Å². The lowest BCUT2D eigenvalue weighted by atomic mass is 9.78. The minimum atomic E-state index is -0.717. The predicted molar refractivity (Wildman–Crippen MR) is 94.8 cm³/mol. The number of nitrogens with zero attached hydrogens (tertiary/aromatic N) is 1. The number of benzene rings is 2. The van der Waals surface area contributed by atoms with E-state index in [4.69, 9.17) is 5.11 Å². The second kappa shape index (κ2) is 6.25. The molecule has 1 N–H and O–H groups in total. The molecule has 1 heterocycles. The third-order valence-corrected chi connectivity index (χ3v) is 5.14. The SMILES string of the molecule is O=C(O)CCN1CC2=C(c3ccccc3)c3ccccc3CC2C1. The first kappa shape index (κ1) is 15.2. The van der Waals surface area contributed by atoms with Crippen LogP contribution in [0.5, 0.6) is 0 Å². The van der Waals surface area contributed by atoms with Gasteiger partial charge in [-0.15, -0.1) is 0 Å². The summed E-state index contributed by atoms with van der Waals surface area (Å²) in [4.78, 5) is 13.2. The van der Waals surface area contributed by atoms with Crippen LogP contribution in [0.2, 0.25) is 0 Å². The Hall–Kier alpha value is -2.39. The summed E-state index contributed by atoms with van der Waals surface area (Å²) in [7, 11) is 0. The number of fused-ring (bicyclic) bond motifs is 2. The number of aliphatic carboxylic acids is 1. The van der Waals surface area contributed by atoms with Crippen LogP contribution in [0, 0.1) is 5.92 Å². The van der Waals surface area contributed by atoms with E-state index in [0.717, 1.165) is 19.5 Å². The van der Waals surface area contributed by atoms with Gasteiger partial charge in [0.1, 0.15) is 0 Å². The first-order valence-electron chi connectivity index (χ1n) is 8.53. The van der Waals surface area contributed by atoms with Gasteiger partial charge in [-0.25, -0.2) is 0 Å². The smallest absolute Gasteiger partial charge is 0.304 e. The molecular formula is C21H21NO2. The molecule has 0 aromatic heterocycles. The van der Waals surface area contributed by atoms with Crippen molar-refractivity contribution >= 4 is 11.5 Å². The number of likely N-dealkylation sites (tertiary alicyclic amines) is 1. The normalized spacial score (nSPS) is 19.9. The molecule has 122 valence electrons. The van der Waals surface area contributed by atoms with Crippen LogP contribution in [0.25, 0.3) is 5.57 Å². The van der Waals surface area contributed by atoms with Crippen molar-refractivity contribution in [3.8, 4) is 0 Å². The topological polar surface area (TPSA) is 40.5 Å². The Morgan fingerprint density at radius 3 is 2.62 bits per heavy atom. The zero-order valence-electron chi connectivity index (χ0n) is 13.6. The van der Waals surface area contributed by atoms with E-state index < -0.39 is 5.97 Å². The first-order chi connectivity index (χ1) is 11.7. The first-order valence-corrected chi connectivity index (χ1v) is 8.53. The molecule has 4 rings (SSSR count). The maximum atomic E-state index is 10.9. The maximum Gasteiger partial charge on any atom is 0.304 e. The van der Waals surface area contributed by atoms with Crippen molar-refractivity contribution in [2.24, 2.45) is 5.92 Å². The van der Waals surface area contributed by atoms with Crippen molar-refractivity contribution in [3.63, 3.8) is 0 Å². The standard InChI is InChI=1S/C21H21NO2/c23-20(24)10-11-22-13-17-12-16-8-4-5-9-18(16)21(19(17)14-22)15-6-2-1-3-7-15/h1-9,17H,10-14H2,(H,23,24). The summed E-state index contributed by atoms with van der Waals surface area (Å²) in [6.07, 6.45) is 1.28. The summed E-state index contributed by atoms with van der Waals surface area (Å²) in [6.45, 7) is 2.48. The van der Waals surface area contributed by atoms with Crippen LogP contribution < -0.4 is 0 Å². The van der Waals surface area contributed by atoms with Gasteiger partial charge < -0.3 is 5.11 Å². The molecule has 3 heteroatoms. The van der Waals surface area contributed by atoms with Crippen LogP contribution in [0.3, 0.4) is 0 Å². The van der Waals surface area contributed by atoms with Gasteiger partial charge in [0.15, 0.2) is 0 Å². The van der Waals surface area contributed by atoms with Gasteiger partial charge in [-0.05, 0) is 40.2 Å². The van der Waals surface area contributed by atoms with Gasteiger partial charge in [0.05, 0.1) is 6.42 Å². The molecule has 2 aromatic rings. The van der Waals surface area contributed by atoms with E-state index in [0.29, 0.717) is 12.5 Å². The molecule has 1 atom stereocenters. The quantitative estimate of drug-likeness (QED) is 0.938. The maximum absolute atomic E-state index is 10.9. The summed E-state index contributed by atoms with van der Waals surface area (Å²) in [5.74, 6) is -0.214. The lowest BCUT2D eigenvalue weighted by Crippen LogP contribution is -2.24. The molecule has 0 radical (unpaired) electrons. The molecule has 0 bridgehead atoms. The van der Waals surface area contributed by atoms with Crippen LogP contribution in [0.1, 0.15) is 23.1 Å². The van der Waals surface area contributed by atoms with Crippen molar-refractivity contribution in [3.05, 3.63) is 76.9 Å². The lowest BCUT2D eigenvalue weighted by molar-refractivity contribution is -0.137. The number of carboxylic acids is 1. The highest BCUT2D eigenvalue weighted by Crippen LogP contribution is 2.42. The number of carbonyl (C=O) groups is 1. The Bertz CT molecular complexity index is 794. The Morgan fingerprint density at radius 2 is 1.83 bits per heavy atom. The minimum absolute atomic E-state index is 0.216. The largest absolute Gasteiger partial charge is 0.481 e. The molecule has 3 nitrogen and oxygen atoms in total. The molecule has 1 aliphatic heterocycles. The van der Waals surface area contributed by atoms with Crippen molar-refractivity contribution < 1.29 is 9.90 Å². The van der Waals surface area contributed by atoms with Gasteiger partial charge >= 0.3 is 5.97 Å². The highest BCUT2D eigenvalue weighted by atomic mass is 16.4. The fraction of sp³-hybridized carbons (Fsp3) is 0.286. The van der Waals surface area contributed by atoms with Gasteiger partial charge in [0.25, 0.3) is 0 Å². The van der Waals surface area contributed by atoms with E-state index >= 15 is 0 Å². The summed E-state index contributed by atoms with van der Waals surface area (Å²) in [6, 6.07) is 19.3. The van der Waals surface area contributed by atoms with Crippen molar-refractivity contribution in [1.29, 1.82) is 0 Å². The highest BCUT2D eigenvalue weighted by Gasteiger charge is 2.34. The molecule has 1 saturated heterocycles. The highest BCUT2D eigenvalue weighted by molar-refractivity contribution is 5.85. The fourth-order valence-electron chi connectivity index (χ4n) is 4.08. The molecule has 0 spiro atoms. The van der Waals surface area contributed by atoms with E-state index in [2.05, 4.69) is 59.5 Å². The monoisotopic (exact) mass is 319 g/mol. The molecule has 24 heavy (non-hydrogen) atoms. The predicted octanol–water partition coefficient (Wildman–Crippen LogP) is 3.45. The van der Waals surface area contributed by atoms with Crippen molar-refractivity contribution in [2.75, 3.05) is 19.6 Å². The Kier molecular flexibility index (Phi) is 3.95. The second-order valence-corrected chi connectivity index (χ2v) is 6.70. The summed E-state index contributed by atoms with van der Waals surface area (Å²) >= 11 is 0. The molecule has 1 unspecified atom stereocenters. The van der Waals surface area contributed by atoms with Gasteiger partial charge in [-0.1, -0.05) is 54.6 Å². The van der Waals surface area contributed by atoms with E-state index in [1.54, 1.807) is 0 Å². The molecule has 0 saturated carbocycles. The third kappa shape index (κ3) is 2.76. The lowest BCUT2D eigenvalue weighted by Gasteiger charge is -2.26. The van der Waals surface area contributed by atoms with Crippen LogP contribution in [0.4, 0.5) is 0 Å². The summed E-state index contributed by atoms with van der Waals surface area (Å²) in [5.41, 5.74) is 6.86. The molecule has 2 aliphatic rings. The van der Waals surface area contributed by atoms with E-state index in [1.807, 2.05) is 0 Å². The summed E-state index contributed by atoms with van der Waals surface area (Å²) < 4.78 is 0. The molecule has 1 aliphatic carbocycles. The zero-order valence-corrected chi connectivity index (χ0v) is 13.6. The van der Waals surface area contributed by atoms with Gasteiger partial charge in [0, 0.05) is 19.6 Å². The van der Waals surface area contributed by atoms with Crippen LogP contribution >= 0.6 is 0 Å². The second-order valence-electron chi connectivity index (χ2n) is 6.70. The van der Waals surface area contributed by atoms with Crippen molar-refractivity contribution in [1.82, 2.24) is 4.90 Å². The number of hydrogen-bond acceptors (Lipinski definition) is 2. The molecule has 2 aromatic carbocycles. The third-order valence-electron chi connectivity index (χ3n) is 5.14. The Labute approximate surface area is 142 Å². The van der Waals surface area contributed by atoms with Crippen LogP contribution in [0.15, 0.2) is 60.2 Å². The van der Waals surface area contributed by atoms with Crippen molar-refractivity contribution in [2.45, 2.75) is 12.8 Å². The van der Waals surface area contributed by atoms with E-state index in [-0.39, 0.29) is 6.42 Å². The Balaban J connectivity index is 1.75. The van der Waals surface area contributed by atoms with Crippen LogP contribution in [-0.2, 0) is 11.2 Å². The average molecular weight is 319 g/mol. The number of hydrogen-bond donors (Lipinski definition) is 1. The van der Waals surface area contributed by atoms with Crippen LogP contribution in [-0.4, -0.2) is 35.6 Å². The molecule has 0 amide bonds. The molecule has 1 fully saturated rings. The number of rotatable bonds is 4.